The number of hydrogen-bond donors (Lipinski definition) is 2. The largest absolute Gasteiger partial charge is 0.272 e. The van der Waals surface area contributed by atoms with E-state index in [1.54, 1.807) is 18.2 Å². The Hall–Kier alpha value is -1.79. The minimum Gasteiger partial charge on any atom is -0.272 e. The van der Waals surface area contributed by atoms with Crippen LogP contribution in [0.25, 0.3) is 0 Å². The van der Waals surface area contributed by atoms with Crippen molar-refractivity contribution in [2.45, 2.75) is 11.8 Å². The highest BCUT2D eigenvalue weighted by atomic mass is 79.9. The van der Waals surface area contributed by atoms with Crippen molar-refractivity contribution in [3.05, 3.63) is 64.1 Å². The van der Waals surface area contributed by atoms with Crippen LogP contribution in [0, 0.1) is 6.92 Å². The van der Waals surface area contributed by atoms with Gasteiger partial charge in [0.25, 0.3) is 5.91 Å². The number of carbonyl (C=O) groups is 2. The van der Waals surface area contributed by atoms with E-state index in [2.05, 4.69) is 26.8 Å². The van der Waals surface area contributed by atoms with Crippen LogP contribution in [-0.2, 0) is 4.79 Å². The number of carbonyl (C=O) groups excluding carboxylic acids is 2. The van der Waals surface area contributed by atoms with Crippen molar-refractivity contribution in [1.29, 1.82) is 0 Å². The quantitative estimate of drug-likeness (QED) is 0.633. The Morgan fingerprint density at radius 2 is 1.82 bits per heavy atom. The Labute approximate surface area is 141 Å². The van der Waals surface area contributed by atoms with Crippen molar-refractivity contribution < 1.29 is 9.59 Å². The molecule has 0 saturated carbocycles. The fraction of sp³-hybridized carbons (Fsp3) is 0.125. The second-order valence-corrected chi connectivity index (χ2v) is 6.58. The lowest BCUT2D eigenvalue weighted by molar-refractivity contribution is -0.119. The van der Waals surface area contributed by atoms with Crippen molar-refractivity contribution in [1.82, 2.24) is 10.9 Å². The van der Waals surface area contributed by atoms with Gasteiger partial charge in [0.15, 0.2) is 0 Å². The van der Waals surface area contributed by atoms with E-state index in [4.69, 9.17) is 0 Å². The molecule has 2 N–H and O–H groups in total. The maximum atomic E-state index is 11.9. The predicted octanol–water partition coefficient (Wildman–Crippen LogP) is 3.31. The molecule has 2 aromatic carbocycles. The molecule has 0 aliphatic rings. The number of hydrogen-bond acceptors (Lipinski definition) is 3. The second-order valence-electron chi connectivity index (χ2n) is 4.61. The fourth-order valence-corrected chi connectivity index (χ4v) is 2.75. The number of halogens is 1. The van der Waals surface area contributed by atoms with Crippen molar-refractivity contribution in [3.63, 3.8) is 0 Å². The van der Waals surface area contributed by atoms with Crippen LogP contribution < -0.4 is 10.9 Å². The van der Waals surface area contributed by atoms with Crippen LogP contribution in [-0.4, -0.2) is 17.6 Å². The summed E-state index contributed by atoms with van der Waals surface area (Å²) in [5.41, 5.74) is 6.46. The summed E-state index contributed by atoms with van der Waals surface area (Å²) < 4.78 is 0.807. The lowest BCUT2D eigenvalue weighted by Crippen LogP contribution is -2.42. The van der Waals surface area contributed by atoms with Crippen LogP contribution in [0.3, 0.4) is 0 Å². The Morgan fingerprint density at radius 3 is 2.50 bits per heavy atom. The maximum absolute atomic E-state index is 11.9. The average Bonchev–Trinajstić information content (AvgIpc) is 2.52. The Kier molecular flexibility index (Phi) is 6.03. The molecule has 0 unspecified atom stereocenters. The number of amides is 2. The van der Waals surface area contributed by atoms with Gasteiger partial charge in [0.1, 0.15) is 0 Å². The van der Waals surface area contributed by atoms with Crippen LogP contribution in [0.5, 0.6) is 0 Å². The van der Waals surface area contributed by atoms with Crippen molar-refractivity contribution in [2.24, 2.45) is 0 Å². The van der Waals surface area contributed by atoms with Crippen molar-refractivity contribution in [3.8, 4) is 0 Å². The Morgan fingerprint density at radius 1 is 1.09 bits per heavy atom. The van der Waals surface area contributed by atoms with Gasteiger partial charge in [-0.3, -0.25) is 20.4 Å². The molecule has 0 spiro atoms. The molecule has 2 amide bonds. The van der Waals surface area contributed by atoms with Gasteiger partial charge in [-0.15, -0.1) is 11.8 Å². The highest BCUT2D eigenvalue weighted by Gasteiger charge is 2.08. The molecular weight excluding hydrogens is 364 g/mol. The molecule has 0 aromatic heterocycles. The van der Waals surface area contributed by atoms with Gasteiger partial charge in [-0.25, -0.2) is 0 Å². The van der Waals surface area contributed by atoms with Crippen LogP contribution in [0.1, 0.15) is 15.9 Å². The number of benzene rings is 2. The summed E-state index contributed by atoms with van der Waals surface area (Å²) in [6.07, 6.45) is 0. The Balaban J connectivity index is 1.78. The molecule has 2 aromatic rings. The topological polar surface area (TPSA) is 58.2 Å². The molecule has 0 radical (unpaired) electrons. The van der Waals surface area contributed by atoms with E-state index in [1.165, 1.54) is 17.3 Å². The number of nitrogens with one attached hydrogen (secondary N) is 2. The first-order valence-electron chi connectivity index (χ1n) is 6.59. The molecule has 4 nitrogen and oxygen atoms in total. The third-order valence-corrected chi connectivity index (χ3v) is 4.30. The van der Waals surface area contributed by atoms with Gasteiger partial charge in [-0.1, -0.05) is 39.7 Å². The van der Waals surface area contributed by atoms with Crippen LogP contribution in [0.4, 0.5) is 0 Å². The zero-order valence-electron chi connectivity index (χ0n) is 11.9. The molecule has 0 fully saturated rings. The van der Waals surface area contributed by atoms with Gasteiger partial charge in [-0.05, 0) is 37.3 Å². The Bertz CT molecular complexity index is 674. The third kappa shape index (κ3) is 5.20. The van der Waals surface area contributed by atoms with Crippen LogP contribution in [0.2, 0.25) is 0 Å². The zero-order chi connectivity index (χ0) is 15.9. The van der Waals surface area contributed by atoms with E-state index in [-0.39, 0.29) is 17.6 Å². The van der Waals surface area contributed by atoms with E-state index in [0.717, 1.165) is 9.37 Å². The highest BCUT2D eigenvalue weighted by molar-refractivity contribution is 9.10. The number of rotatable bonds is 4. The van der Waals surface area contributed by atoms with Gasteiger partial charge in [-0.2, -0.15) is 0 Å². The smallest absolute Gasteiger partial charge is 0.269 e. The van der Waals surface area contributed by atoms with Gasteiger partial charge in [0, 0.05) is 14.9 Å². The monoisotopic (exact) mass is 378 g/mol. The molecule has 0 aliphatic carbocycles. The van der Waals surface area contributed by atoms with E-state index in [0.29, 0.717) is 5.56 Å². The summed E-state index contributed by atoms with van der Waals surface area (Å²) in [7, 11) is 0. The van der Waals surface area contributed by atoms with Gasteiger partial charge in [0.05, 0.1) is 5.75 Å². The van der Waals surface area contributed by atoms with E-state index in [1.807, 2.05) is 37.3 Å². The van der Waals surface area contributed by atoms with Crippen molar-refractivity contribution >= 4 is 39.5 Å². The summed E-state index contributed by atoms with van der Waals surface area (Å²) in [4.78, 5) is 24.6. The molecule has 0 aliphatic heterocycles. The fourth-order valence-electron chi connectivity index (χ4n) is 1.65. The average molecular weight is 379 g/mol. The molecule has 0 atom stereocenters. The molecule has 22 heavy (non-hydrogen) atoms. The summed E-state index contributed by atoms with van der Waals surface area (Å²) in [6.45, 7) is 2.01. The summed E-state index contributed by atoms with van der Waals surface area (Å²) in [5.74, 6) is -0.370. The van der Waals surface area contributed by atoms with Gasteiger partial charge >= 0.3 is 0 Å². The molecule has 2 rings (SSSR count). The number of thioether (sulfide) groups is 1. The van der Waals surface area contributed by atoms with Gasteiger partial charge in [0.2, 0.25) is 5.91 Å². The lowest BCUT2D eigenvalue weighted by Gasteiger charge is -2.07. The summed E-state index contributed by atoms with van der Waals surface area (Å²) >= 11 is 4.71. The second kappa shape index (κ2) is 8.00. The van der Waals surface area contributed by atoms with E-state index in [9.17, 15) is 9.59 Å². The first-order chi connectivity index (χ1) is 10.5. The number of hydrazine groups is 1. The molecule has 114 valence electrons. The van der Waals surface area contributed by atoms with E-state index >= 15 is 0 Å². The SMILES string of the molecule is Cc1ccc(SCC(=O)NNC(=O)c2cccc(Br)c2)cc1. The van der Waals surface area contributed by atoms with Gasteiger partial charge < -0.3 is 0 Å². The first-order valence-corrected chi connectivity index (χ1v) is 8.36. The lowest BCUT2D eigenvalue weighted by atomic mass is 10.2. The minimum absolute atomic E-state index is 0.238. The standard InChI is InChI=1S/C16H15BrN2O2S/c1-11-5-7-14(8-6-11)22-10-15(20)18-19-16(21)12-3-2-4-13(17)9-12/h2-9H,10H2,1H3,(H,18,20)(H,19,21). The molecular formula is C16H15BrN2O2S. The van der Waals surface area contributed by atoms with Crippen LogP contribution >= 0.6 is 27.7 Å². The van der Waals surface area contributed by atoms with Crippen LogP contribution in [0.15, 0.2) is 57.9 Å². The highest BCUT2D eigenvalue weighted by Crippen LogP contribution is 2.17. The number of aryl methyl sites for hydroxylation is 1. The summed E-state index contributed by atoms with van der Waals surface area (Å²) in [5, 5.41) is 0. The first kappa shape index (κ1) is 16.6. The molecule has 6 heteroatoms. The van der Waals surface area contributed by atoms with Crippen molar-refractivity contribution in [2.75, 3.05) is 5.75 Å². The predicted molar refractivity (Wildman–Crippen MR) is 91.7 cm³/mol. The molecule has 0 bridgehead atoms. The minimum atomic E-state index is -0.352. The molecule has 0 heterocycles. The normalized spacial score (nSPS) is 10.1. The van der Waals surface area contributed by atoms with E-state index < -0.39 is 0 Å². The zero-order valence-corrected chi connectivity index (χ0v) is 14.3. The maximum Gasteiger partial charge on any atom is 0.269 e. The third-order valence-electron chi connectivity index (χ3n) is 2.79. The molecule has 0 saturated heterocycles. The summed E-state index contributed by atoms with van der Waals surface area (Å²) in [6, 6.07) is 14.9.